The molecule has 0 unspecified atom stereocenters. The Morgan fingerprint density at radius 1 is 0.857 bits per heavy atom. The lowest BCUT2D eigenvalue weighted by molar-refractivity contribution is 0.824. The second-order valence-electron chi connectivity index (χ2n) is 0.986. The first-order chi connectivity index (χ1) is 3.00. The first kappa shape index (κ1) is 6.53. The van der Waals surface area contributed by atoms with Gasteiger partial charge in [0.1, 0.15) is 0 Å². The van der Waals surface area contributed by atoms with Crippen LogP contribution in [-0.4, -0.2) is 5.48 Å². The standard InChI is InChI=1S/C5H5S.H2O/c1-2-4-6-5-3-1;/h1-5H;1H2/q+1;/p-1. The molecule has 0 saturated heterocycles. The maximum atomic E-state index is 2.04. The van der Waals surface area contributed by atoms with Crippen LogP contribution in [0.25, 0.3) is 0 Å². The Labute approximate surface area is 46.6 Å². The molecular weight excluding hydrogens is 108 g/mol. The Kier molecular flexibility index (Phi) is 3.46. The van der Waals surface area contributed by atoms with Crippen molar-refractivity contribution in [3.8, 4) is 0 Å². The normalized spacial score (nSPS) is 6.86. The van der Waals surface area contributed by atoms with Gasteiger partial charge in [0.05, 0.1) is 0 Å². The summed E-state index contributed by atoms with van der Waals surface area (Å²) in [7, 11) is 0. The molecule has 0 aromatic carbocycles. The molecule has 1 aromatic rings. The van der Waals surface area contributed by atoms with Crippen molar-refractivity contribution in [2.24, 2.45) is 0 Å². The zero-order valence-electron chi connectivity index (χ0n) is 3.74. The predicted molar refractivity (Wildman–Crippen MR) is 30.7 cm³/mol. The molecule has 0 fully saturated rings. The minimum atomic E-state index is 0. The molecule has 2 heteroatoms. The maximum absolute atomic E-state index is 2.04. The number of hydrogen-bond acceptors (Lipinski definition) is 1. The van der Waals surface area contributed by atoms with Crippen molar-refractivity contribution in [3.63, 3.8) is 0 Å². The zero-order valence-corrected chi connectivity index (χ0v) is 4.56. The molecule has 0 atom stereocenters. The molecule has 1 heterocycles. The van der Waals surface area contributed by atoms with Crippen molar-refractivity contribution >= 4 is 11.3 Å². The molecule has 0 aliphatic carbocycles. The van der Waals surface area contributed by atoms with E-state index in [9.17, 15) is 0 Å². The van der Waals surface area contributed by atoms with Crippen molar-refractivity contribution in [2.45, 2.75) is 0 Å². The van der Waals surface area contributed by atoms with Gasteiger partial charge in [-0.3, -0.25) is 0 Å². The summed E-state index contributed by atoms with van der Waals surface area (Å²) in [5, 5.41) is 4.08. The highest BCUT2D eigenvalue weighted by Gasteiger charge is 1.74. The third-order valence-electron chi connectivity index (χ3n) is 0.536. The van der Waals surface area contributed by atoms with Crippen LogP contribution >= 0.6 is 11.3 Å². The second kappa shape index (κ2) is 3.71. The first-order valence-corrected chi connectivity index (χ1v) is 2.75. The lowest BCUT2D eigenvalue weighted by Crippen LogP contribution is -1.41. The summed E-state index contributed by atoms with van der Waals surface area (Å²) in [4.78, 5) is 0. The second-order valence-corrected chi connectivity index (χ2v) is 1.80. The fraction of sp³-hybridized carbons (Fsp3) is 0. The van der Waals surface area contributed by atoms with E-state index < -0.39 is 0 Å². The monoisotopic (exact) mass is 114 g/mol. The molecule has 0 radical (unpaired) electrons. The van der Waals surface area contributed by atoms with Gasteiger partial charge in [0.2, 0.25) is 11.3 Å². The van der Waals surface area contributed by atoms with Crippen molar-refractivity contribution in [1.29, 1.82) is 0 Å². The highest BCUT2D eigenvalue weighted by molar-refractivity contribution is 7.07. The summed E-state index contributed by atoms with van der Waals surface area (Å²) < 4.78 is 0. The van der Waals surface area contributed by atoms with Gasteiger partial charge < -0.3 is 5.48 Å². The van der Waals surface area contributed by atoms with Gasteiger partial charge in [-0.15, -0.1) is 0 Å². The molecule has 0 saturated carbocycles. The third-order valence-corrected chi connectivity index (χ3v) is 1.17. The molecule has 0 aliphatic rings. The molecule has 0 amide bonds. The summed E-state index contributed by atoms with van der Waals surface area (Å²) in [5.74, 6) is 0. The molecule has 38 valence electrons. The van der Waals surface area contributed by atoms with Gasteiger partial charge in [-0.05, 0) is 12.1 Å². The molecule has 0 spiro atoms. The quantitative estimate of drug-likeness (QED) is 0.473. The van der Waals surface area contributed by atoms with Crippen LogP contribution in [0.1, 0.15) is 0 Å². The van der Waals surface area contributed by atoms with Gasteiger partial charge in [-0.1, -0.05) is 6.07 Å². The Balaban J connectivity index is 0.000000360. The van der Waals surface area contributed by atoms with Crippen molar-refractivity contribution < 1.29 is 5.48 Å². The van der Waals surface area contributed by atoms with Crippen molar-refractivity contribution in [3.05, 3.63) is 29.0 Å². The number of hydrogen-bond donors (Lipinski definition) is 0. The average Bonchev–Trinajstić information content (AvgIpc) is 1.72. The lowest BCUT2D eigenvalue weighted by Gasteiger charge is -1.56. The molecule has 0 aliphatic heterocycles. The van der Waals surface area contributed by atoms with Gasteiger partial charge in [0.25, 0.3) is 0 Å². The van der Waals surface area contributed by atoms with E-state index in [2.05, 4.69) is 0 Å². The summed E-state index contributed by atoms with van der Waals surface area (Å²) >= 11 is 1.70. The topological polar surface area (TPSA) is 30.0 Å². The largest absolute Gasteiger partial charge is 0.870 e. The molecule has 1 rings (SSSR count). The van der Waals surface area contributed by atoms with Crippen molar-refractivity contribution in [1.82, 2.24) is 0 Å². The van der Waals surface area contributed by atoms with Crippen LogP contribution in [0.3, 0.4) is 0 Å². The van der Waals surface area contributed by atoms with E-state index in [1.165, 1.54) is 0 Å². The summed E-state index contributed by atoms with van der Waals surface area (Å²) in [5.41, 5.74) is 0. The van der Waals surface area contributed by atoms with Crippen LogP contribution in [0.5, 0.6) is 0 Å². The van der Waals surface area contributed by atoms with E-state index in [4.69, 9.17) is 0 Å². The van der Waals surface area contributed by atoms with Crippen LogP contribution in [0.2, 0.25) is 0 Å². The Morgan fingerprint density at radius 2 is 1.43 bits per heavy atom. The van der Waals surface area contributed by atoms with Crippen LogP contribution < -0.4 is 0 Å². The first-order valence-electron chi connectivity index (χ1n) is 1.80. The van der Waals surface area contributed by atoms with Gasteiger partial charge in [0, 0.05) is 0 Å². The fourth-order valence-corrected chi connectivity index (χ4v) is 0.745. The third kappa shape index (κ3) is 2.25. The fourth-order valence-electron chi connectivity index (χ4n) is 0.291. The van der Waals surface area contributed by atoms with E-state index >= 15 is 0 Å². The smallest absolute Gasteiger partial charge is 0.211 e. The molecular formula is C5H6OS. The molecule has 1 aromatic heterocycles. The van der Waals surface area contributed by atoms with E-state index in [-0.39, 0.29) is 5.48 Å². The average molecular weight is 114 g/mol. The number of rotatable bonds is 0. The minimum Gasteiger partial charge on any atom is -0.870 e. The van der Waals surface area contributed by atoms with Crippen molar-refractivity contribution in [2.75, 3.05) is 0 Å². The van der Waals surface area contributed by atoms with Gasteiger partial charge in [-0.2, -0.15) is 0 Å². The van der Waals surface area contributed by atoms with Gasteiger partial charge in [-0.25, -0.2) is 0 Å². The highest BCUT2D eigenvalue weighted by Crippen LogP contribution is 1.90. The van der Waals surface area contributed by atoms with E-state index in [0.29, 0.717) is 0 Å². The lowest BCUT2D eigenvalue weighted by atomic mass is 10.6. The molecule has 1 N–H and O–H groups in total. The van der Waals surface area contributed by atoms with Crippen LogP contribution in [0.15, 0.2) is 29.0 Å². The predicted octanol–water partition coefficient (Wildman–Crippen LogP) is 1.85. The Bertz CT molecular complexity index is 80.0. The van der Waals surface area contributed by atoms with E-state index in [1.54, 1.807) is 11.3 Å². The van der Waals surface area contributed by atoms with E-state index in [0.717, 1.165) is 0 Å². The van der Waals surface area contributed by atoms with Crippen LogP contribution in [0, 0.1) is 0 Å². The molecule has 0 bridgehead atoms. The van der Waals surface area contributed by atoms with Crippen LogP contribution in [0.4, 0.5) is 0 Å². The summed E-state index contributed by atoms with van der Waals surface area (Å²) in [6, 6.07) is 6.05. The molecule has 1 nitrogen and oxygen atoms in total. The SMILES string of the molecule is [OH-].c1cc[s+]cc1. The Hall–Kier alpha value is -0.470. The highest BCUT2D eigenvalue weighted by atomic mass is 32.1. The van der Waals surface area contributed by atoms with Gasteiger partial charge >= 0.3 is 0 Å². The van der Waals surface area contributed by atoms with E-state index in [1.807, 2.05) is 29.0 Å². The summed E-state index contributed by atoms with van der Waals surface area (Å²) in [6.07, 6.45) is 0. The minimum absolute atomic E-state index is 0. The summed E-state index contributed by atoms with van der Waals surface area (Å²) in [6.45, 7) is 0. The maximum Gasteiger partial charge on any atom is 0.211 e. The van der Waals surface area contributed by atoms with Crippen LogP contribution in [-0.2, 0) is 0 Å². The Morgan fingerprint density at radius 3 is 1.57 bits per heavy atom. The van der Waals surface area contributed by atoms with Gasteiger partial charge in [0.15, 0.2) is 10.8 Å². The zero-order chi connectivity index (χ0) is 4.24. The molecule has 7 heavy (non-hydrogen) atoms.